The van der Waals surface area contributed by atoms with Gasteiger partial charge in [-0.15, -0.1) is 0 Å². The minimum atomic E-state index is 0.384. The fourth-order valence-electron chi connectivity index (χ4n) is 4.42. The van der Waals surface area contributed by atoms with Crippen LogP contribution in [0.15, 0.2) is 41.0 Å². The second-order valence-corrected chi connectivity index (χ2v) is 7.63. The van der Waals surface area contributed by atoms with E-state index in [0.29, 0.717) is 46.3 Å². The van der Waals surface area contributed by atoms with Crippen LogP contribution >= 0.6 is 23.2 Å². The number of nitrogens with zero attached hydrogens (tertiary/aromatic N) is 1. The maximum atomic E-state index is 6.27. The van der Waals surface area contributed by atoms with Gasteiger partial charge in [-0.25, -0.2) is 0 Å². The maximum absolute atomic E-state index is 6.27. The minimum Gasteiger partial charge on any atom is -0.492 e. The third-order valence-corrected chi connectivity index (χ3v) is 6.49. The van der Waals surface area contributed by atoms with E-state index in [1.165, 1.54) is 12.8 Å². The van der Waals surface area contributed by atoms with Crippen molar-refractivity contribution in [1.29, 1.82) is 0 Å². The Morgan fingerprint density at radius 3 is 2.88 bits per heavy atom. The first kappa shape index (κ1) is 16.3. The molecular formula is C19H21Cl2NO2. The molecule has 5 heteroatoms. The highest BCUT2D eigenvalue weighted by Crippen LogP contribution is 2.46. The molecule has 0 radical (unpaired) electrons. The Morgan fingerprint density at radius 1 is 1.21 bits per heavy atom. The molecule has 24 heavy (non-hydrogen) atoms. The molecule has 0 amide bonds. The van der Waals surface area contributed by atoms with Crippen molar-refractivity contribution in [2.75, 3.05) is 13.7 Å². The van der Waals surface area contributed by atoms with Crippen LogP contribution in [0.25, 0.3) is 0 Å². The number of hydrogen-bond acceptors (Lipinski definition) is 3. The van der Waals surface area contributed by atoms with Crippen LogP contribution in [0.2, 0.25) is 10.0 Å². The number of hydrogen-bond donors (Lipinski definition) is 0. The quantitative estimate of drug-likeness (QED) is 0.741. The van der Waals surface area contributed by atoms with Crippen molar-refractivity contribution in [3.8, 4) is 5.75 Å². The van der Waals surface area contributed by atoms with Crippen molar-refractivity contribution >= 4 is 23.2 Å². The molecule has 2 aliphatic heterocycles. The highest BCUT2D eigenvalue weighted by atomic mass is 35.5. The number of ether oxygens (including phenoxy) is 1. The molecule has 2 aliphatic rings. The van der Waals surface area contributed by atoms with Crippen molar-refractivity contribution < 1.29 is 9.15 Å². The zero-order chi connectivity index (χ0) is 16.7. The summed E-state index contributed by atoms with van der Waals surface area (Å²) in [6.07, 6.45) is 5.36. The first-order valence-corrected chi connectivity index (χ1v) is 9.23. The number of benzene rings is 1. The summed E-state index contributed by atoms with van der Waals surface area (Å²) in [6, 6.07) is 10.8. The van der Waals surface area contributed by atoms with E-state index in [9.17, 15) is 0 Å². The summed E-state index contributed by atoms with van der Waals surface area (Å²) in [7, 11) is 2.24. The van der Waals surface area contributed by atoms with Crippen LogP contribution in [-0.4, -0.2) is 30.6 Å². The molecule has 1 aromatic heterocycles. The van der Waals surface area contributed by atoms with E-state index in [0.717, 1.165) is 12.2 Å². The van der Waals surface area contributed by atoms with Gasteiger partial charge in [-0.1, -0.05) is 29.3 Å². The Balaban J connectivity index is 1.57. The molecule has 4 atom stereocenters. The second kappa shape index (κ2) is 6.62. The molecule has 4 unspecified atom stereocenters. The number of halogens is 2. The van der Waals surface area contributed by atoms with Crippen LogP contribution < -0.4 is 4.74 Å². The lowest BCUT2D eigenvalue weighted by atomic mass is 9.79. The summed E-state index contributed by atoms with van der Waals surface area (Å²) in [5.74, 6) is 2.51. The average Bonchev–Trinajstić information content (AvgIpc) is 3.17. The van der Waals surface area contributed by atoms with Gasteiger partial charge in [-0.05, 0) is 50.6 Å². The average molecular weight is 366 g/mol. The van der Waals surface area contributed by atoms with Gasteiger partial charge >= 0.3 is 0 Å². The summed E-state index contributed by atoms with van der Waals surface area (Å²) in [5.41, 5.74) is 0. The third kappa shape index (κ3) is 2.83. The second-order valence-electron chi connectivity index (χ2n) is 6.85. The fraction of sp³-hybridized carbons (Fsp3) is 0.474. The van der Waals surface area contributed by atoms with E-state index in [4.69, 9.17) is 32.4 Å². The monoisotopic (exact) mass is 365 g/mol. The van der Waals surface area contributed by atoms with Crippen molar-refractivity contribution in [2.24, 2.45) is 5.92 Å². The first-order chi connectivity index (χ1) is 11.6. The maximum Gasteiger partial charge on any atom is 0.139 e. The predicted octanol–water partition coefficient (Wildman–Crippen LogP) is 5.23. The van der Waals surface area contributed by atoms with E-state index in [2.05, 4.69) is 18.0 Å². The number of rotatable bonds is 4. The normalized spacial score (nSPS) is 29.8. The van der Waals surface area contributed by atoms with Crippen molar-refractivity contribution in [3.63, 3.8) is 0 Å². The van der Waals surface area contributed by atoms with Crippen LogP contribution in [0.1, 0.15) is 30.9 Å². The van der Waals surface area contributed by atoms with Crippen molar-refractivity contribution in [3.05, 3.63) is 52.4 Å². The minimum absolute atomic E-state index is 0.384. The molecule has 2 saturated heterocycles. The summed E-state index contributed by atoms with van der Waals surface area (Å²) in [6.45, 7) is 0.618. The van der Waals surface area contributed by atoms with Crippen LogP contribution in [0.3, 0.4) is 0 Å². The Labute approximate surface area is 152 Å². The van der Waals surface area contributed by atoms with Gasteiger partial charge in [-0.2, -0.15) is 0 Å². The molecule has 2 fully saturated rings. The molecule has 3 heterocycles. The molecule has 0 spiro atoms. The molecular weight excluding hydrogens is 345 g/mol. The lowest BCUT2D eigenvalue weighted by molar-refractivity contribution is 0.0596. The van der Waals surface area contributed by atoms with Crippen molar-refractivity contribution in [2.45, 2.75) is 37.3 Å². The van der Waals surface area contributed by atoms with Gasteiger partial charge in [0.2, 0.25) is 0 Å². The van der Waals surface area contributed by atoms with Gasteiger partial charge in [0.1, 0.15) is 16.5 Å². The largest absolute Gasteiger partial charge is 0.492 e. The lowest BCUT2D eigenvalue weighted by Gasteiger charge is -2.42. The fourth-order valence-corrected chi connectivity index (χ4v) is 4.76. The standard InChI is InChI=1S/C19H21Cl2NO2/c1-22-12-7-8-16(22)14(13(10-12)17-6-3-9-23-17)11-24-18-5-2-4-15(20)19(18)21/h2-6,9,12-14,16H,7-8,10-11H2,1H3. The molecule has 128 valence electrons. The molecule has 2 aromatic rings. The topological polar surface area (TPSA) is 25.6 Å². The number of piperidine rings is 1. The molecule has 0 saturated carbocycles. The van der Waals surface area contributed by atoms with E-state index in [1.54, 1.807) is 12.3 Å². The molecule has 3 nitrogen and oxygen atoms in total. The molecule has 0 aliphatic carbocycles. The van der Waals surface area contributed by atoms with E-state index in [1.807, 2.05) is 18.2 Å². The molecule has 1 aromatic carbocycles. The summed E-state index contributed by atoms with van der Waals surface area (Å²) in [5, 5.41) is 1.01. The van der Waals surface area contributed by atoms with Gasteiger partial charge < -0.3 is 14.1 Å². The number of furan rings is 1. The van der Waals surface area contributed by atoms with E-state index < -0.39 is 0 Å². The van der Waals surface area contributed by atoms with Gasteiger partial charge in [0.15, 0.2) is 0 Å². The Hall–Kier alpha value is -1.16. The lowest BCUT2D eigenvalue weighted by Crippen LogP contribution is -2.47. The Kier molecular flexibility index (Phi) is 4.50. The van der Waals surface area contributed by atoms with Gasteiger partial charge in [-0.3, -0.25) is 0 Å². The van der Waals surface area contributed by atoms with E-state index >= 15 is 0 Å². The van der Waals surface area contributed by atoms with E-state index in [-0.39, 0.29) is 0 Å². The zero-order valence-electron chi connectivity index (χ0n) is 13.6. The zero-order valence-corrected chi connectivity index (χ0v) is 15.1. The molecule has 0 N–H and O–H groups in total. The predicted molar refractivity (Wildman–Crippen MR) is 96.1 cm³/mol. The summed E-state index contributed by atoms with van der Waals surface area (Å²) in [4.78, 5) is 2.52. The highest BCUT2D eigenvalue weighted by molar-refractivity contribution is 6.42. The summed E-state index contributed by atoms with van der Waals surface area (Å²) >= 11 is 12.4. The van der Waals surface area contributed by atoms with Crippen LogP contribution in [0.5, 0.6) is 5.75 Å². The smallest absolute Gasteiger partial charge is 0.139 e. The molecule has 2 bridgehead atoms. The molecule has 4 rings (SSSR count). The Bertz CT molecular complexity index is 703. The third-order valence-electron chi connectivity index (χ3n) is 5.69. The van der Waals surface area contributed by atoms with Gasteiger partial charge in [0, 0.05) is 23.9 Å². The number of fused-ring (bicyclic) bond motifs is 2. The van der Waals surface area contributed by atoms with Crippen LogP contribution in [0.4, 0.5) is 0 Å². The van der Waals surface area contributed by atoms with Crippen LogP contribution in [0, 0.1) is 5.92 Å². The Morgan fingerprint density at radius 2 is 2.08 bits per heavy atom. The first-order valence-electron chi connectivity index (χ1n) is 8.47. The van der Waals surface area contributed by atoms with Crippen molar-refractivity contribution in [1.82, 2.24) is 4.90 Å². The SMILES string of the molecule is CN1C2CCC1C(COc1cccc(Cl)c1Cl)C(c1ccco1)C2. The van der Waals surface area contributed by atoms with Gasteiger partial charge in [0.05, 0.1) is 17.9 Å². The van der Waals surface area contributed by atoms with Crippen LogP contribution in [-0.2, 0) is 0 Å². The highest BCUT2D eigenvalue weighted by Gasteiger charge is 2.47. The summed E-state index contributed by atoms with van der Waals surface area (Å²) < 4.78 is 11.8. The van der Waals surface area contributed by atoms with Gasteiger partial charge in [0.25, 0.3) is 0 Å².